The molecule has 0 aliphatic heterocycles. The van der Waals surface area contributed by atoms with Crippen LogP contribution in [0, 0.1) is 6.92 Å². The number of amides is 2. The Balaban J connectivity index is 1.72. The number of sulfonamides is 1. The van der Waals surface area contributed by atoms with Crippen LogP contribution in [0.25, 0.3) is 0 Å². The van der Waals surface area contributed by atoms with Crippen molar-refractivity contribution in [2.24, 2.45) is 0 Å². The Morgan fingerprint density at radius 2 is 1.63 bits per heavy atom. The fourth-order valence-electron chi connectivity index (χ4n) is 4.84. The highest BCUT2D eigenvalue weighted by Gasteiger charge is 2.34. The van der Waals surface area contributed by atoms with Gasteiger partial charge in [0.1, 0.15) is 12.6 Å². The summed E-state index contributed by atoms with van der Waals surface area (Å²) in [6.45, 7) is 2.91. The summed E-state index contributed by atoms with van der Waals surface area (Å²) in [6.07, 6.45) is 3.85. The zero-order chi connectivity index (χ0) is 29.7. The highest BCUT2D eigenvalue weighted by Crippen LogP contribution is 2.35. The Bertz CT molecular complexity index is 1510. The van der Waals surface area contributed by atoms with Crippen molar-refractivity contribution >= 4 is 62.3 Å². The summed E-state index contributed by atoms with van der Waals surface area (Å²) in [4.78, 5) is 28.7. The van der Waals surface area contributed by atoms with Crippen LogP contribution in [0.2, 0.25) is 15.1 Å². The molecule has 1 N–H and O–H groups in total. The summed E-state index contributed by atoms with van der Waals surface area (Å²) in [5, 5.41) is 3.66. The molecule has 1 fully saturated rings. The van der Waals surface area contributed by atoms with Gasteiger partial charge in [-0.25, -0.2) is 8.42 Å². The van der Waals surface area contributed by atoms with Gasteiger partial charge < -0.3 is 10.2 Å². The largest absolute Gasteiger partial charge is 0.352 e. The lowest BCUT2D eigenvalue weighted by Gasteiger charge is -2.32. The monoisotopic (exact) mass is 635 g/mol. The van der Waals surface area contributed by atoms with Crippen molar-refractivity contribution in [3.8, 4) is 0 Å². The first-order valence-electron chi connectivity index (χ1n) is 13.3. The number of aryl methyl sites for hydroxylation is 1. The van der Waals surface area contributed by atoms with E-state index in [-0.39, 0.29) is 39.1 Å². The van der Waals surface area contributed by atoms with Gasteiger partial charge in [0.15, 0.2) is 0 Å². The van der Waals surface area contributed by atoms with E-state index < -0.39 is 28.5 Å². The smallest absolute Gasteiger partial charge is 0.264 e. The number of rotatable bonds is 10. The summed E-state index contributed by atoms with van der Waals surface area (Å²) in [5.41, 5.74) is 1.63. The molecule has 1 atom stereocenters. The molecule has 0 spiro atoms. The molecular weight excluding hydrogens is 605 g/mol. The third-order valence-corrected chi connectivity index (χ3v) is 10.0. The molecule has 2 amide bonds. The summed E-state index contributed by atoms with van der Waals surface area (Å²) in [7, 11) is -4.26. The van der Waals surface area contributed by atoms with Gasteiger partial charge in [0.2, 0.25) is 11.8 Å². The lowest BCUT2D eigenvalue weighted by atomic mass is 10.1. The van der Waals surface area contributed by atoms with Gasteiger partial charge in [-0.3, -0.25) is 13.9 Å². The lowest BCUT2D eigenvalue weighted by Crippen LogP contribution is -2.52. The molecule has 1 aliphatic rings. The molecule has 0 radical (unpaired) electrons. The molecule has 41 heavy (non-hydrogen) atoms. The minimum atomic E-state index is -4.26. The van der Waals surface area contributed by atoms with Crippen molar-refractivity contribution < 1.29 is 18.0 Å². The number of halogens is 3. The Morgan fingerprint density at radius 3 is 2.29 bits per heavy atom. The summed E-state index contributed by atoms with van der Waals surface area (Å²) in [6, 6.07) is 17.0. The highest BCUT2D eigenvalue weighted by molar-refractivity contribution is 7.92. The zero-order valence-electron chi connectivity index (χ0n) is 22.8. The highest BCUT2D eigenvalue weighted by atomic mass is 35.5. The number of nitrogens with zero attached hydrogens (tertiary/aromatic N) is 2. The minimum Gasteiger partial charge on any atom is -0.352 e. The molecule has 0 bridgehead atoms. The van der Waals surface area contributed by atoms with Crippen LogP contribution in [0.15, 0.2) is 71.6 Å². The van der Waals surface area contributed by atoms with Crippen molar-refractivity contribution in [1.29, 1.82) is 0 Å². The fraction of sp³-hybridized carbons (Fsp3) is 0.333. The van der Waals surface area contributed by atoms with Crippen molar-refractivity contribution in [3.63, 3.8) is 0 Å². The van der Waals surface area contributed by atoms with Crippen molar-refractivity contribution in [1.82, 2.24) is 10.2 Å². The molecule has 4 rings (SSSR count). The second-order valence-corrected chi connectivity index (χ2v) is 13.3. The number of nitrogens with one attached hydrogen (secondary N) is 1. The fourth-order valence-corrected chi connectivity index (χ4v) is 6.93. The Morgan fingerprint density at radius 1 is 0.976 bits per heavy atom. The average molecular weight is 637 g/mol. The normalized spacial score (nSPS) is 14.5. The first-order valence-corrected chi connectivity index (χ1v) is 15.9. The van der Waals surface area contributed by atoms with Gasteiger partial charge in [-0.2, -0.15) is 0 Å². The van der Waals surface area contributed by atoms with E-state index in [1.807, 2.05) is 6.92 Å². The molecule has 0 saturated heterocycles. The van der Waals surface area contributed by atoms with Crippen LogP contribution in [0.5, 0.6) is 0 Å². The second kappa shape index (κ2) is 13.5. The number of hydrogen-bond acceptors (Lipinski definition) is 4. The van der Waals surface area contributed by atoms with E-state index >= 15 is 0 Å². The van der Waals surface area contributed by atoms with Gasteiger partial charge in [-0.15, -0.1) is 0 Å². The Hall–Kier alpha value is -2.78. The second-order valence-electron chi connectivity index (χ2n) is 10.2. The topological polar surface area (TPSA) is 86.8 Å². The van der Waals surface area contributed by atoms with Gasteiger partial charge in [0.05, 0.1) is 20.6 Å². The van der Waals surface area contributed by atoms with Crippen molar-refractivity contribution in [3.05, 3.63) is 92.9 Å². The van der Waals surface area contributed by atoms with Gasteiger partial charge in [-0.05, 0) is 68.7 Å². The number of benzene rings is 3. The van der Waals surface area contributed by atoms with Crippen molar-refractivity contribution in [2.45, 2.75) is 63.1 Å². The van der Waals surface area contributed by atoms with E-state index in [0.29, 0.717) is 10.6 Å². The van der Waals surface area contributed by atoms with Gasteiger partial charge >= 0.3 is 0 Å². The number of hydrogen-bond donors (Lipinski definition) is 1. The van der Waals surface area contributed by atoms with E-state index in [1.54, 1.807) is 49.4 Å². The summed E-state index contributed by atoms with van der Waals surface area (Å²) in [5.74, 6) is -0.896. The molecule has 1 saturated carbocycles. The molecule has 0 aromatic heterocycles. The van der Waals surface area contributed by atoms with Crippen LogP contribution in [0.3, 0.4) is 0 Å². The van der Waals surface area contributed by atoms with Crippen LogP contribution in [0.4, 0.5) is 5.69 Å². The average Bonchev–Trinajstić information content (AvgIpc) is 3.45. The van der Waals surface area contributed by atoms with Gasteiger partial charge in [0.25, 0.3) is 10.0 Å². The molecule has 11 heteroatoms. The van der Waals surface area contributed by atoms with Gasteiger partial charge in [0, 0.05) is 17.6 Å². The predicted molar refractivity (Wildman–Crippen MR) is 164 cm³/mol. The summed E-state index contributed by atoms with van der Waals surface area (Å²) < 4.78 is 28.9. The third kappa shape index (κ3) is 7.55. The molecule has 0 heterocycles. The van der Waals surface area contributed by atoms with E-state index in [1.165, 1.54) is 29.2 Å². The first kappa shape index (κ1) is 31.2. The van der Waals surface area contributed by atoms with Crippen LogP contribution in [0.1, 0.15) is 43.7 Å². The van der Waals surface area contributed by atoms with Crippen molar-refractivity contribution in [2.75, 3.05) is 10.8 Å². The number of carbonyl (C=O) groups is 2. The SMILES string of the molecule is Cc1ccc(S(=O)(=O)N(CC(=O)N(Cc2cccc(Cl)c2)[C@H](C)C(=O)NC2CCCC2)c2cccc(Cl)c2Cl)cc1. The van der Waals surface area contributed by atoms with Crippen LogP contribution in [-0.4, -0.2) is 43.8 Å². The third-order valence-electron chi connectivity index (χ3n) is 7.20. The van der Waals surface area contributed by atoms with Crippen LogP contribution < -0.4 is 9.62 Å². The number of anilines is 1. The van der Waals surface area contributed by atoms with Gasteiger partial charge in [-0.1, -0.05) is 83.5 Å². The quantitative estimate of drug-likeness (QED) is 0.271. The summed E-state index contributed by atoms with van der Waals surface area (Å²) >= 11 is 18.9. The number of carbonyl (C=O) groups excluding carboxylic acids is 2. The molecule has 3 aromatic rings. The first-order chi connectivity index (χ1) is 19.5. The van der Waals surface area contributed by atoms with E-state index in [9.17, 15) is 18.0 Å². The van der Waals surface area contributed by atoms with E-state index in [4.69, 9.17) is 34.8 Å². The molecule has 218 valence electrons. The Kier molecular flexibility index (Phi) is 10.2. The zero-order valence-corrected chi connectivity index (χ0v) is 25.9. The van der Waals surface area contributed by atoms with E-state index in [2.05, 4.69) is 5.32 Å². The molecule has 3 aromatic carbocycles. The van der Waals surface area contributed by atoms with Crippen LogP contribution >= 0.6 is 34.8 Å². The van der Waals surface area contributed by atoms with E-state index in [0.717, 1.165) is 35.6 Å². The maximum absolute atomic E-state index is 14.1. The molecule has 7 nitrogen and oxygen atoms in total. The predicted octanol–water partition coefficient (Wildman–Crippen LogP) is 6.63. The molecule has 0 unspecified atom stereocenters. The standard InChI is InChI=1S/C30H32Cl3N3O4S/c1-20-13-15-25(16-14-20)41(39,40)36(27-12-6-11-26(32)29(27)33)19-28(37)35(18-22-7-5-8-23(31)17-22)21(2)30(38)34-24-9-3-4-10-24/h5-8,11-17,21,24H,3-4,9-10,18-19H2,1-2H3,(H,34,38)/t21-/m1/s1. The van der Waals surface area contributed by atoms with Crippen LogP contribution in [-0.2, 0) is 26.2 Å². The maximum Gasteiger partial charge on any atom is 0.264 e. The minimum absolute atomic E-state index is 0.00827. The molecular formula is C30H32Cl3N3O4S. The lowest BCUT2D eigenvalue weighted by molar-refractivity contribution is -0.139. The maximum atomic E-state index is 14.1. The molecule has 1 aliphatic carbocycles. The Labute approximate surface area is 256 Å².